The van der Waals surface area contributed by atoms with Gasteiger partial charge in [0.25, 0.3) is 11.7 Å². The lowest BCUT2D eigenvalue weighted by Gasteiger charge is -2.28. The van der Waals surface area contributed by atoms with Gasteiger partial charge in [-0.05, 0) is 75.3 Å². The average Bonchev–Trinajstić information content (AvgIpc) is 3.05. The highest BCUT2D eigenvalue weighted by Gasteiger charge is 2.46. The van der Waals surface area contributed by atoms with Crippen molar-refractivity contribution < 1.29 is 24.5 Å². The highest BCUT2D eigenvalue weighted by Crippen LogP contribution is 2.40. The molecule has 182 valence electrons. The van der Waals surface area contributed by atoms with Gasteiger partial charge in [0.2, 0.25) is 0 Å². The summed E-state index contributed by atoms with van der Waals surface area (Å²) in [6.07, 6.45) is 0.0000340. The Morgan fingerprint density at radius 2 is 1.82 bits per heavy atom. The van der Waals surface area contributed by atoms with Crippen molar-refractivity contribution in [2.75, 3.05) is 26.2 Å². The average molecular weight is 467 g/mol. The first-order valence-electron chi connectivity index (χ1n) is 11.7. The fraction of sp³-hybridized carbons (Fsp3) is 0.407. The lowest BCUT2D eigenvalue weighted by atomic mass is 9.94. The first-order valence-corrected chi connectivity index (χ1v) is 11.7. The molecule has 7 nitrogen and oxygen atoms in total. The van der Waals surface area contributed by atoms with E-state index < -0.39 is 17.7 Å². The van der Waals surface area contributed by atoms with Crippen molar-refractivity contribution in [1.82, 2.24) is 9.80 Å². The van der Waals surface area contributed by atoms with Crippen molar-refractivity contribution in [3.63, 3.8) is 0 Å². The van der Waals surface area contributed by atoms with E-state index in [1.807, 2.05) is 34.6 Å². The molecule has 0 aliphatic carbocycles. The van der Waals surface area contributed by atoms with E-state index in [9.17, 15) is 19.8 Å². The molecule has 34 heavy (non-hydrogen) atoms. The molecule has 1 fully saturated rings. The number of nitrogens with zero attached hydrogens (tertiary/aromatic N) is 2. The predicted molar refractivity (Wildman–Crippen MR) is 132 cm³/mol. The van der Waals surface area contributed by atoms with E-state index in [1.54, 1.807) is 30.3 Å². The third-order valence-corrected chi connectivity index (χ3v) is 6.09. The molecule has 1 aliphatic heterocycles. The number of ether oxygens (including phenoxy) is 1. The second kappa shape index (κ2) is 10.7. The van der Waals surface area contributed by atoms with E-state index >= 15 is 0 Å². The number of likely N-dealkylation sites (tertiary alicyclic amines) is 1. The molecule has 2 N–H and O–H groups in total. The monoisotopic (exact) mass is 466 g/mol. The molecule has 0 bridgehead atoms. The second-order valence-electron chi connectivity index (χ2n) is 8.76. The zero-order chi connectivity index (χ0) is 25.0. The van der Waals surface area contributed by atoms with Crippen LogP contribution in [0.1, 0.15) is 50.4 Å². The molecule has 1 heterocycles. The largest absolute Gasteiger partial charge is 0.508 e. The Kier molecular flexibility index (Phi) is 7.99. The Morgan fingerprint density at radius 3 is 2.41 bits per heavy atom. The number of Topliss-reactive ketones (excluding diaryl/α,β-unsaturated/α-hetero) is 1. The molecular weight excluding hydrogens is 432 g/mol. The van der Waals surface area contributed by atoms with Crippen molar-refractivity contribution >= 4 is 17.4 Å². The van der Waals surface area contributed by atoms with Crippen LogP contribution in [0.15, 0.2) is 48.0 Å². The molecule has 0 spiro atoms. The number of aromatic hydroxyl groups is 1. The van der Waals surface area contributed by atoms with Crippen LogP contribution in [-0.2, 0) is 9.59 Å². The van der Waals surface area contributed by atoms with E-state index in [2.05, 4.69) is 4.90 Å². The first-order chi connectivity index (χ1) is 16.2. The molecular formula is C27H34N2O5. The summed E-state index contributed by atoms with van der Waals surface area (Å²) in [5, 5.41) is 21.3. The van der Waals surface area contributed by atoms with Crippen LogP contribution in [0.3, 0.4) is 0 Å². The van der Waals surface area contributed by atoms with Crippen LogP contribution in [-0.4, -0.2) is 64.0 Å². The van der Waals surface area contributed by atoms with Crippen molar-refractivity contribution in [2.24, 2.45) is 0 Å². The molecule has 0 saturated carbocycles. The van der Waals surface area contributed by atoms with Gasteiger partial charge in [0.15, 0.2) is 0 Å². The molecule has 0 radical (unpaired) electrons. The Balaban J connectivity index is 2.09. The van der Waals surface area contributed by atoms with Crippen molar-refractivity contribution in [3.8, 4) is 11.5 Å². The van der Waals surface area contributed by atoms with Crippen LogP contribution in [0.5, 0.6) is 11.5 Å². The van der Waals surface area contributed by atoms with Crippen LogP contribution < -0.4 is 4.74 Å². The highest BCUT2D eigenvalue weighted by molar-refractivity contribution is 6.46. The molecule has 2 aromatic carbocycles. The number of carbonyl (C=O) groups excluding carboxylic acids is 2. The Morgan fingerprint density at radius 1 is 1.12 bits per heavy atom. The number of aliphatic hydroxyl groups is 1. The molecule has 2 aromatic rings. The van der Waals surface area contributed by atoms with Crippen LogP contribution in [0.2, 0.25) is 0 Å². The number of ketones is 1. The number of hydrogen-bond acceptors (Lipinski definition) is 6. The van der Waals surface area contributed by atoms with Gasteiger partial charge < -0.3 is 24.7 Å². The molecule has 1 saturated heterocycles. The summed E-state index contributed by atoms with van der Waals surface area (Å²) in [6, 6.07) is 10.9. The summed E-state index contributed by atoms with van der Waals surface area (Å²) in [6.45, 7) is 12.4. The number of aliphatic hydroxyl groups excluding tert-OH is 1. The predicted octanol–water partition coefficient (Wildman–Crippen LogP) is 4.25. The van der Waals surface area contributed by atoms with Gasteiger partial charge in [0, 0.05) is 18.7 Å². The molecule has 1 unspecified atom stereocenters. The number of phenolic OH excluding ortho intramolecular Hbond substituents is 1. The summed E-state index contributed by atoms with van der Waals surface area (Å²) in [5.74, 6) is -0.908. The number of hydrogen-bond donors (Lipinski definition) is 2. The molecule has 1 atom stereocenters. The fourth-order valence-corrected chi connectivity index (χ4v) is 4.28. The van der Waals surface area contributed by atoms with E-state index in [4.69, 9.17) is 4.74 Å². The third-order valence-electron chi connectivity index (χ3n) is 6.09. The van der Waals surface area contributed by atoms with Crippen LogP contribution in [0.4, 0.5) is 0 Å². The number of amides is 1. The molecule has 3 rings (SSSR count). The van der Waals surface area contributed by atoms with Crippen molar-refractivity contribution in [2.45, 2.75) is 46.8 Å². The van der Waals surface area contributed by atoms with Gasteiger partial charge in [0.1, 0.15) is 17.3 Å². The van der Waals surface area contributed by atoms with Gasteiger partial charge in [-0.15, -0.1) is 0 Å². The Labute approximate surface area is 201 Å². The summed E-state index contributed by atoms with van der Waals surface area (Å²) in [7, 11) is 0. The second-order valence-corrected chi connectivity index (χ2v) is 8.76. The standard InChI is InChI=1S/C27H34N2O5/c1-6-28(7-2)13-14-29-24(19-9-8-10-21(30)16-19)23(26(32)27(29)33)25(31)20-11-12-22(18(5)15-20)34-17(3)4/h8-12,15-17,24,30-31H,6-7,13-14H2,1-5H3/b25-23-. The minimum atomic E-state index is -0.797. The minimum Gasteiger partial charge on any atom is -0.508 e. The number of rotatable bonds is 9. The first kappa shape index (κ1) is 25.3. The van der Waals surface area contributed by atoms with Gasteiger partial charge in [-0.1, -0.05) is 26.0 Å². The van der Waals surface area contributed by atoms with Crippen LogP contribution >= 0.6 is 0 Å². The van der Waals surface area contributed by atoms with E-state index in [-0.39, 0.29) is 23.2 Å². The minimum absolute atomic E-state index is 0.0000340. The molecule has 1 amide bonds. The highest BCUT2D eigenvalue weighted by atomic mass is 16.5. The number of aryl methyl sites for hydroxylation is 1. The summed E-state index contributed by atoms with van der Waals surface area (Å²) in [4.78, 5) is 29.9. The number of carbonyl (C=O) groups is 2. The molecule has 0 aromatic heterocycles. The normalized spacial score (nSPS) is 17.7. The number of benzene rings is 2. The molecule has 1 aliphatic rings. The van der Waals surface area contributed by atoms with E-state index in [0.29, 0.717) is 30.0 Å². The van der Waals surface area contributed by atoms with Crippen LogP contribution in [0.25, 0.3) is 5.76 Å². The van der Waals surface area contributed by atoms with Gasteiger partial charge in [-0.25, -0.2) is 0 Å². The maximum absolute atomic E-state index is 13.2. The summed E-state index contributed by atoms with van der Waals surface area (Å²) in [5.41, 5.74) is 1.83. The van der Waals surface area contributed by atoms with E-state index in [1.165, 1.54) is 17.0 Å². The van der Waals surface area contributed by atoms with Gasteiger partial charge in [-0.3, -0.25) is 9.59 Å². The van der Waals surface area contributed by atoms with Gasteiger partial charge >= 0.3 is 0 Å². The topological polar surface area (TPSA) is 90.3 Å². The maximum atomic E-state index is 13.2. The summed E-state index contributed by atoms with van der Waals surface area (Å²) >= 11 is 0. The smallest absolute Gasteiger partial charge is 0.295 e. The fourth-order valence-electron chi connectivity index (χ4n) is 4.28. The molecule has 7 heteroatoms. The summed E-state index contributed by atoms with van der Waals surface area (Å²) < 4.78 is 5.78. The lowest BCUT2D eigenvalue weighted by Crippen LogP contribution is -2.38. The maximum Gasteiger partial charge on any atom is 0.295 e. The quantitative estimate of drug-likeness (QED) is 0.326. The van der Waals surface area contributed by atoms with Crippen molar-refractivity contribution in [1.29, 1.82) is 0 Å². The number of likely N-dealkylation sites (N-methyl/N-ethyl adjacent to an activating group) is 1. The Bertz CT molecular complexity index is 1090. The number of phenols is 1. The van der Waals surface area contributed by atoms with Gasteiger partial charge in [0.05, 0.1) is 17.7 Å². The zero-order valence-electron chi connectivity index (χ0n) is 20.5. The SMILES string of the molecule is CCN(CC)CCN1C(=O)C(=O)/C(=C(\O)c2ccc(OC(C)C)c(C)c2)C1c1cccc(O)c1. The van der Waals surface area contributed by atoms with Gasteiger partial charge in [-0.2, -0.15) is 0 Å². The third kappa shape index (κ3) is 5.25. The zero-order valence-corrected chi connectivity index (χ0v) is 20.5. The Hall–Kier alpha value is -3.32. The van der Waals surface area contributed by atoms with E-state index in [0.717, 1.165) is 18.7 Å². The van der Waals surface area contributed by atoms with Crippen molar-refractivity contribution in [3.05, 3.63) is 64.7 Å². The van der Waals surface area contributed by atoms with Crippen LogP contribution in [0, 0.1) is 6.92 Å². The lowest BCUT2D eigenvalue weighted by molar-refractivity contribution is -0.140.